The van der Waals surface area contributed by atoms with Crippen LogP contribution in [-0.2, 0) is 11.0 Å². The number of alkyl halides is 3. The van der Waals surface area contributed by atoms with Gasteiger partial charge in [0.25, 0.3) is 5.91 Å². The molecule has 1 heterocycles. The highest BCUT2D eigenvalue weighted by Gasteiger charge is 2.35. The van der Waals surface area contributed by atoms with E-state index in [-0.39, 0.29) is 11.6 Å². The average molecular weight is 365 g/mol. The van der Waals surface area contributed by atoms with Crippen LogP contribution in [-0.4, -0.2) is 28.2 Å². The lowest BCUT2D eigenvalue weighted by Gasteiger charge is -2.22. The molecule has 0 aliphatic heterocycles. The summed E-state index contributed by atoms with van der Waals surface area (Å²) < 4.78 is 44.1. The molecule has 2 aromatic rings. The summed E-state index contributed by atoms with van der Waals surface area (Å²) in [5.74, 6) is -0.787. The van der Waals surface area contributed by atoms with E-state index in [0.29, 0.717) is 6.07 Å². The predicted molar refractivity (Wildman–Crippen MR) is 85.1 cm³/mol. The lowest BCUT2D eigenvalue weighted by Crippen LogP contribution is -2.45. The molecule has 0 fully saturated rings. The minimum atomic E-state index is -4.75. The number of carbonyl (C=O) groups excluding carboxylic acids is 1. The van der Waals surface area contributed by atoms with Crippen LogP contribution in [0.3, 0.4) is 0 Å². The SMILES string of the molecule is CC(O)(COc1ccccn1)C(=O)Nc1ccc(C#N)c(C(F)(F)F)c1. The van der Waals surface area contributed by atoms with E-state index in [1.807, 2.05) is 0 Å². The number of hydrogen-bond acceptors (Lipinski definition) is 5. The van der Waals surface area contributed by atoms with Crippen LogP contribution in [0.5, 0.6) is 5.88 Å². The first kappa shape index (κ1) is 19.2. The van der Waals surface area contributed by atoms with Gasteiger partial charge in [0.2, 0.25) is 5.88 Å². The highest BCUT2D eigenvalue weighted by atomic mass is 19.4. The van der Waals surface area contributed by atoms with Crippen molar-refractivity contribution < 1.29 is 27.8 Å². The Morgan fingerprint density at radius 1 is 1.35 bits per heavy atom. The van der Waals surface area contributed by atoms with Crippen molar-refractivity contribution in [3.05, 3.63) is 53.7 Å². The van der Waals surface area contributed by atoms with Gasteiger partial charge in [0.1, 0.15) is 6.61 Å². The van der Waals surface area contributed by atoms with E-state index in [2.05, 4.69) is 10.3 Å². The van der Waals surface area contributed by atoms with Gasteiger partial charge in [0.15, 0.2) is 5.60 Å². The van der Waals surface area contributed by atoms with Gasteiger partial charge in [-0.2, -0.15) is 18.4 Å². The molecule has 0 saturated heterocycles. The zero-order valence-electron chi connectivity index (χ0n) is 13.5. The number of ether oxygens (including phenoxy) is 1. The summed E-state index contributed by atoms with van der Waals surface area (Å²) in [5.41, 5.74) is -3.98. The maximum Gasteiger partial charge on any atom is 0.417 e. The molecule has 0 saturated carbocycles. The standard InChI is InChI=1S/C17H14F3N3O3/c1-16(25,10-26-14-4-2-3-7-22-14)15(24)23-12-6-5-11(9-21)13(8-12)17(18,19)20/h2-8,25H,10H2,1H3,(H,23,24). The number of benzene rings is 1. The van der Waals surface area contributed by atoms with Gasteiger partial charge in [-0.1, -0.05) is 6.07 Å². The van der Waals surface area contributed by atoms with E-state index in [1.54, 1.807) is 12.1 Å². The zero-order chi connectivity index (χ0) is 19.4. The van der Waals surface area contributed by atoms with Gasteiger partial charge in [-0.05, 0) is 31.2 Å². The minimum absolute atomic E-state index is 0.179. The van der Waals surface area contributed by atoms with Gasteiger partial charge in [-0.15, -0.1) is 0 Å². The number of aromatic nitrogens is 1. The Labute approximate surface area is 146 Å². The molecule has 26 heavy (non-hydrogen) atoms. The summed E-state index contributed by atoms with van der Waals surface area (Å²) in [7, 11) is 0. The van der Waals surface area contributed by atoms with Crippen LogP contribution < -0.4 is 10.1 Å². The Bertz CT molecular complexity index is 831. The van der Waals surface area contributed by atoms with Crippen LogP contribution in [0.15, 0.2) is 42.6 Å². The molecule has 0 radical (unpaired) electrons. The second-order valence-corrected chi connectivity index (χ2v) is 5.55. The summed E-state index contributed by atoms with van der Waals surface area (Å²) in [6.07, 6.45) is -3.30. The van der Waals surface area contributed by atoms with Crippen molar-refractivity contribution in [1.82, 2.24) is 4.98 Å². The first-order chi connectivity index (χ1) is 12.1. The molecule has 0 aliphatic rings. The number of carbonyl (C=O) groups is 1. The number of hydrogen-bond donors (Lipinski definition) is 2. The quantitative estimate of drug-likeness (QED) is 0.850. The number of anilines is 1. The van der Waals surface area contributed by atoms with Gasteiger partial charge in [0.05, 0.1) is 17.2 Å². The van der Waals surface area contributed by atoms with Crippen molar-refractivity contribution >= 4 is 11.6 Å². The van der Waals surface area contributed by atoms with E-state index >= 15 is 0 Å². The maximum atomic E-state index is 13.0. The molecule has 1 atom stereocenters. The third kappa shape index (κ3) is 4.70. The van der Waals surface area contributed by atoms with Gasteiger partial charge >= 0.3 is 6.18 Å². The molecule has 1 amide bonds. The lowest BCUT2D eigenvalue weighted by molar-refractivity contribution is -0.138. The Balaban J connectivity index is 2.12. The van der Waals surface area contributed by atoms with Gasteiger partial charge < -0.3 is 15.2 Å². The molecule has 1 unspecified atom stereocenters. The summed E-state index contributed by atoms with van der Waals surface area (Å²) in [4.78, 5) is 16.0. The van der Waals surface area contributed by atoms with Gasteiger partial charge in [0, 0.05) is 18.0 Å². The predicted octanol–water partition coefficient (Wildman–Crippen LogP) is 2.74. The van der Waals surface area contributed by atoms with Crippen molar-refractivity contribution in [3.63, 3.8) is 0 Å². The molecule has 136 valence electrons. The smallest absolute Gasteiger partial charge is 0.417 e. The van der Waals surface area contributed by atoms with E-state index in [9.17, 15) is 23.1 Å². The topological polar surface area (TPSA) is 95.2 Å². The molecule has 9 heteroatoms. The first-order valence-electron chi connectivity index (χ1n) is 7.32. The number of nitrogens with zero attached hydrogens (tertiary/aromatic N) is 2. The average Bonchev–Trinajstić information content (AvgIpc) is 2.60. The fraction of sp³-hybridized carbons (Fsp3) is 0.235. The number of nitrogens with one attached hydrogen (secondary N) is 1. The number of pyridine rings is 1. The Morgan fingerprint density at radius 3 is 2.65 bits per heavy atom. The fourth-order valence-electron chi connectivity index (χ4n) is 1.93. The number of nitriles is 1. The molecule has 0 bridgehead atoms. The minimum Gasteiger partial charge on any atom is -0.474 e. The van der Waals surface area contributed by atoms with Gasteiger partial charge in [-0.3, -0.25) is 4.79 Å². The van der Waals surface area contributed by atoms with E-state index in [1.165, 1.54) is 18.3 Å². The van der Waals surface area contributed by atoms with Crippen LogP contribution in [0.1, 0.15) is 18.1 Å². The molecule has 1 aromatic carbocycles. The van der Waals surface area contributed by atoms with Crippen LogP contribution in [0.25, 0.3) is 0 Å². The number of halogens is 3. The Morgan fingerprint density at radius 2 is 2.08 bits per heavy atom. The molecular weight excluding hydrogens is 351 g/mol. The Hall–Kier alpha value is -3.12. The second kappa shape index (κ2) is 7.41. The van der Waals surface area contributed by atoms with Gasteiger partial charge in [-0.25, -0.2) is 4.98 Å². The van der Waals surface area contributed by atoms with E-state index < -0.39 is 35.4 Å². The molecule has 1 aromatic heterocycles. The van der Waals surface area contributed by atoms with E-state index in [4.69, 9.17) is 10.00 Å². The normalized spacial score (nSPS) is 13.4. The second-order valence-electron chi connectivity index (χ2n) is 5.55. The van der Waals surface area contributed by atoms with Crippen molar-refractivity contribution in [2.75, 3.05) is 11.9 Å². The van der Waals surface area contributed by atoms with Crippen LogP contribution >= 0.6 is 0 Å². The van der Waals surface area contributed by atoms with E-state index in [0.717, 1.165) is 19.1 Å². The monoisotopic (exact) mass is 365 g/mol. The Kier molecular flexibility index (Phi) is 5.47. The summed E-state index contributed by atoms with van der Waals surface area (Å²) in [5, 5.41) is 21.1. The number of aliphatic hydroxyl groups is 1. The molecule has 6 nitrogen and oxygen atoms in total. The maximum absolute atomic E-state index is 13.0. The number of amides is 1. The molecule has 0 spiro atoms. The third-order valence-electron chi connectivity index (χ3n) is 3.33. The summed E-state index contributed by atoms with van der Waals surface area (Å²) in [6.45, 7) is 0.692. The highest BCUT2D eigenvalue weighted by molar-refractivity contribution is 5.97. The van der Waals surface area contributed by atoms with Crippen molar-refractivity contribution in [2.45, 2.75) is 18.7 Å². The fourth-order valence-corrected chi connectivity index (χ4v) is 1.93. The molecule has 0 aliphatic carbocycles. The highest BCUT2D eigenvalue weighted by Crippen LogP contribution is 2.33. The van der Waals surface area contributed by atoms with Crippen molar-refractivity contribution in [1.29, 1.82) is 5.26 Å². The number of rotatable bonds is 5. The molecule has 2 N–H and O–H groups in total. The van der Waals surface area contributed by atoms with Crippen molar-refractivity contribution in [2.24, 2.45) is 0 Å². The summed E-state index contributed by atoms with van der Waals surface area (Å²) in [6, 6.07) is 8.97. The lowest BCUT2D eigenvalue weighted by atomic mass is 10.1. The molecule has 2 rings (SSSR count). The largest absolute Gasteiger partial charge is 0.474 e. The zero-order valence-corrected chi connectivity index (χ0v) is 13.5. The van der Waals surface area contributed by atoms with Crippen LogP contribution in [0.2, 0.25) is 0 Å². The third-order valence-corrected chi connectivity index (χ3v) is 3.33. The van der Waals surface area contributed by atoms with Crippen LogP contribution in [0, 0.1) is 11.3 Å². The summed E-state index contributed by atoms with van der Waals surface area (Å²) >= 11 is 0. The van der Waals surface area contributed by atoms with Crippen molar-refractivity contribution in [3.8, 4) is 11.9 Å². The molecular formula is C17H14F3N3O3. The first-order valence-corrected chi connectivity index (χ1v) is 7.32. The van der Waals surface area contributed by atoms with Crippen LogP contribution in [0.4, 0.5) is 18.9 Å².